The summed E-state index contributed by atoms with van der Waals surface area (Å²) < 4.78 is 0. The van der Waals surface area contributed by atoms with Gasteiger partial charge in [0.25, 0.3) is 0 Å². The molecule has 0 aliphatic rings. The Bertz CT molecular complexity index is 319. The van der Waals surface area contributed by atoms with Gasteiger partial charge in [0.15, 0.2) is 5.16 Å². The highest BCUT2D eigenvalue weighted by Crippen LogP contribution is 2.21. The molecule has 1 aromatic heterocycles. The minimum atomic E-state index is 0.444. The third kappa shape index (κ3) is 3.01. The lowest BCUT2D eigenvalue weighted by molar-refractivity contribution is 0.686. The molecule has 5 heteroatoms. The summed E-state index contributed by atoms with van der Waals surface area (Å²) in [5.41, 5.74) is 0. The maximum Gasteiger partial charge on any atom is 0.191 e. The summed E-state index contributed by atoms with van der Waals surface area (Å²) in [4.78, 5) is 11.1. The Morgan fingerprint density at radius 2 is 2.12 bits per heavy atom. The lowest BCUT2D eigenvalue weighted by Gasteiger charge is -2.26. The van der Waals surface area contributed by atoms with Crippen molar-refractivity contribution >= 4 is 23.4 Å². The van der Waals surface area contributed by atoms with E-state index in [-0.39, 0.29) is 0 Å². The van der Waals surface area contributed by atoms with Crippen LogP contribution in [0, 0.1) is 0 Å². The Morgan fingerprint density at radius 1 is 1.44 bits per heavy atom. The fraction of sp³-hybridized carbons (Fsp3) is 0.636. The SMILES string of the molecule is CCN(c1cc(NC)nc(SC)n1)C(C)C. The van der Waals surface area contributed by atoms with Crippen molar-refractivity contribution in [2.75, 3.05) is 30.1 Å². The Morgan fingerprint density at radius 3 is 2.56 bits per heavy atom. The average molecular weight is 240 g/mol. The van der Waals surface area contributed by atoms with E-state index in [9.17, 15) is 0 Å². The molecule has 1 N–H and O–H groups in total. The van der Waals surface area contributed by atoms with E-state index in [0.29, 0.717) is 6.04 Å². The third-order valence-electron chi connectivity index (χ3n) is 2.39. The van der Waals surface area contributed by atoms with Crippen LogP contribution >= 0.6 is 11.8 Å². The maximum atomic E-state index is 4.53. The van der Waals surface area contributed by atoms with Crippen molar-refractivity contribution < 1.29 is 0 Å². The van der Waals surface area contributed by atoms with Crippen LogP contribution in [0.15, 0.2) is 11.2 Å². The van der Waals surface area contributed by atoms with E-state index in [1.165, 1.54) is 0 Å². The molecule has 1 rings (SSSR count). The largest absolute Gasteiger partial charge is 0.373 e. The molecule has 90 valence electrons. The highest BCUT2D eigenvalue weighted by atomic mass is 32.2. The van der Waals surface area contributed by atoms with E-state index in [1.807, 2.05) is 19.4 Å². The van der Waals surface area contributed by atoms with Crippen molar-refractivity contribution in [2.45, 2.75) is 32.0 Å². The summed E-state index contributed by atoms with van der Waals surface area (Å²) in [7, 11) is 1.88. The molecule has 0 radical (unpaired) electrons. The van der Waals surface area contributed by atoms with Crippen LogP contribution in [0.1, 0.15) is 20.8 Å². The summed E-state index contributed by atoms with van der Waals surface area (Å²) in [5, 5.41) is 3.88. The minimum Gasteiger partial charge on any atom is -0.373 e. The van der Waals surface area contributed by atoms with Gasteiger partial charge in [0.05, 0.1) is 0 Å². The number of nitrogens with zero attached hydrogens (tertiary/aromatic N) is 3. The lowest BCUT2D eigenvalue weighted by Crippen LogP contribution is -2.31. The highest BCUT2D eigenvalue weighted by Gasteiger charge is 2.12. The molecule has 0 aliphatic heterocycles. The molecule has 0 saturated carbocycles. The van der Waals surface area contributed by atoms with Gasteiger partial charge in [-0.05, 0) is 27.0 Å². The normalized spacial score (nSPS) is 10.6. The number of aromatic nitrogens is 2. The second kappa shape index (κ2) is 5.94. The summed E-state index contributed by atoms with van der Waals surface area (Å²) in [6.07, 6.45) is 1.99. The van der Waals surface area contributed by atoms with Crippen LogP contribution in [0.5, 0.6) is 0 Å². The van der Waals surface area contributed by atoms with Crippen LogP contribution in [0.2, 0.25) is 0 Å². The van der Waals surface area contributed by atoms with Gasteiger partial charge in [-0.2, -0.15) is 0 Å². The van der Waals surface area contributed by atoms with Crippen LogP contribution in [0.4, 0.5) is 11.6 Å². The van der Waals surface area contributed by atoms with E-state index >= 15 is 0 Å². The minimum absolute atomic E-state index is 0.444. The molecule has 0 amide bonds. The van der Waals surface area contributed by atoms with Crippen molar-refractivity contribution in [1.82, 2.24) is 9.97 Å². The second-order valence-corrected chi connectivity index (χ2v) is 4.50. The van der Waals surface area contributed by atoms with Crippen molar-refractivity contribution in [3.63, 3.8) is 0 Å². The molecule has 16 heavy (non-hydrogen) atoms. The van der Waals surface area contributed by atoms with Gasteiger partial charge >= 0.3 is 0 Å². The van der Waals surface area contributed by atoms with E-state index in [1.54, 1.807) is 11.8 Å². The molecular formula is C11H20N4S. The first-order valence-electron chi connectivity index (χ1n) is 5.49. The number of hydrogen-bond donors (Lipinski definition) is 1. The highest BCUT2D eigenvalue weighted by molar-refractivity contribution is 7.98. The van der Waals surface area contributed by atoms with E-state index in [0.717, 1.165) is 23.3 Å². The predicted molar refractivity (Wildman–Crippen MR) is 71.5 cm³/mol. The predicted octanol–water partition coefficient (Wildman–Crippen LogP) is 2.47. The first kappa shape index (κ1) is 13.1. The summed E-state index contributed by atoms with van der Waals surface area (Å²) in [6, 6.07) is 2.43. The van der Waals surface area contributed by atoms with Gasteiger partial charge in [-0.1, -0.05) is 11.8 Å². The van der Waals surface area contributed by atoms with E-state index < -0.39 is 0 Å². The fourth-order valence-corrected chi connectivity index (χ4v) is 1.95. The van der Waals surface area contributed by atoms with Gasteiger partial charge < -0.3 is 10.2 Å². The molecule has 0 spiro atoms. The van der Waals surface area contributed by atoms with Gasteiger partial charge in [0.1, 0.15) is 11.6 Å². The zero-order valence-electron chi connectivity index (χ0n) is 10.6. The summed E-state index contributed by atoms with van der Waals surface area (Å²) >= 11 is 1.56. The third-order valence-corrected chi connectivity index (χ3v) is 2.94. The first-order valence-corrected chi connectivity index (χ1v) is 6.72. The molecule has 1 heterocycles. The maximum absolute atomic E-state index is 4.53. The van der Waals surface area contributed by atoms with Crippen molar-refractivity contribution in [1.29, 1.82) is 0 Å². The van der Waals surface area contributed by atoms with Gasteiger partial charge in [-0.3, -0.25) is 0 Å². The Kier molecular flexibility index (Phi) is 4.86. The molecule has 0 aliphatic carbocycles. The topological polar surface area (TPSA) is 41.0 Å². The molecule has 0 aromatic carbocycles. The number of anilines is 2. The van der Waals surface area contributed by atoms with Crippen LogP contribution in [0.3, 0.4) is 0 Å². The molecule has 0 unspecified atom stereocenters. The van der Waals surface area contributed by atoms with Crippen LogP contribution in [-0.2, 0) is 0 Å². The van der Waals surface area contributed by atoms with Gasteiger partial charge in [0, 0.05) is 25.7 Å². The average Bonchev–Trinajstić information content (AvgIpc) is 2.29. The Labute approximate surface area is 102 Å². The van der Waals surface area contributed by atoms with Crippen molar-refractivity contribution in [2.24, 2.45) is 0 Å². The van der Waals surface area contributed by atoms with Crippen LogP contribution in [0.25, 0.3) is 0 Å². The molecule has 0 bridgehead atoms. The first-order chi connectivity index (χ1) is 7.62. The van der Waals surface area contributed by atoms with Gasteiger partial charge in [-0.15, -0.1) is 0 Å². The van der Waals surface area contributed by atoms with E-state index in [2.05, 4.69) is 41.0 Å². The number of nitrogens with one attached hydrogen (secondary N) is 1. The molecule has 4 nitrogen and oxygen atoms in total. The monoisotopic (exact) mass is 240 g/mol. The number of rotatable bonds is 5. The molecule has 0 atom stereocenters. The fourth-order valence-electron chi connectivity index (χ4n) is 1.57. The second-order valence-electron chi connectivity index (χ2n) is 3.73. The van der Waals surface area contributed by atoms with Crippen LogP contribution in [-0.4, -0.2) is 35.9 Å². The number of thioether (sulfide) groups is 1. The van der Waals surface area contributed by atoms with Crippen molar-refractivity contribution in [3.05, 3.63) is 6.07 Å². The zero-order chi connectivity index (χ0) is 12.1. The van der Waals surface area contributed by atoms with Crippen LogP contribution < -0.4 is 10.2 Å². The number of hydrogen-bond acceptors (Lipinski definition) is 5. The summed E-state index contributed by atoms with van der Waals surface area (Å²) in [6.45, 7) is 7.43. The van der Waals surface area contributed by atoms with Gasteiger partial charge in [0.2, 0.25) is 0 Å². The molecule has 0 saturated heterocycles. The molecule has 1 aromatic rings. The Balaban J connectivity index is 3.10. The van der Waals surface area contributed by atoms with Gasteiger partial charge in [-0.25, -0.2) is 9.97 Å². The summed E-state index contributed by atoms with van der Waals surface area (Å²) in [5.74, 6) is 1.86. The zero-order valence-corrected chi connectivity index (χ0v) is 11.4. The standard InChI is InChI=1S/C11H20N4S/c1-6-15(8(2)3)10-7-9(12-4)13-11(14-10)16-5/h7-8H,6H2,1-5H3,(H,12,13,14). The quantitative estimate of drug-likeness (QED) is 0.632. The molecular weight excluding hydrogens is 220 g/mol. The van der Waals surface area contributed by atoms with Crippen molar-refractivity contribution in [3.8, 4) is 0 Å². The Hall–Kier alpha value is -0.970. The van der Waals surface area contributed by atoms with E-state index in [4.69, 9.17) is 0 Å². The molecule has 0 fully saturated rings. The smallest absolute Gasteiger partial charge is 0.191 e. The lowest BCUT2D eigenvalue weighted by atomic mass is 10.3.